The van der Waals surface area contributed by atoms with Gasteiger partial charge in [-0.1, -0.05) is 13.3 Å². The van der Waals surface area contributed by atoms with Crippen molar-refractivity contribution in [2.45, 2.75) is 44.6 Å². The van der Waals surface area contributed by atoms with E-state index in [2.05, 4.69) is 6.92 Å². The van der Waals surface area contributed by atoms with Crippen LogP contribution in [-0.2, 0) is 14.9 Å². The van der Waals surface area contributed by atoms with Crippen molar-refractivity contribution in [1.82, 2.24) is 8.61 Å². The van der Waals surface area contributed by atoms with Crippen LogP contribution in [0.4, 0.5) is 0 Å². The number of rotatable bonds is 5. The lowest BCUT2D eigenvalue weighted by atomic mass is 9.75. The first-order valence-electron chi connectivity index (χ1n) is 7.98. The molecule has 124 valence electrons. The molecular weight excluding hydrogens is 290 g/mol. The SMILES string of the molecule is CCC1CCC(CN)(N(C)S(=O)(=O)N2CCOCC2)CC1. The molecule has 0 aromatic carbocycles. The molecule has 2 aliphatic rings. The van der Waals surface area contributed by atoms with Crippen LogP contribution < -0.4 is 5.73 Å². The van der Waals surface area contributed by atoms with E-state index >= 15 is 0 Å². The van der Waals surface area contributed by atoms with E-state index in [-0.39, 0.29) is 0 Å². The van der Waals surface area contributed by atoms with Crippen molar-refractivity contribution < 1.29 is 13.2 Å². The summed E-state index contributed by atoms with van der Waals surface area (Å²) in [5, 5.41) is 0. The molecule has 0 atom stereocenters. The molecule has 2 N–H and O–H groups in total. The molecule has 0 bridgehead atoms. The molecule has 0 aromatic rings. The van der Waals surface area contributed by atoms with Crippen LogP contribution in [0.3, 0.4) is 0 Å². The first-order valence-corrected chi connectivity index (χ1v) is 9.38. The second-order valence-corrected chi connectivity index (χ2v) is 8.23. The molecular formula is C14H29N3O3S. The largest absolute Gasteiger partial charge is 0.379 e. The van der Waals surface area contributed by atoms with Crippen LogP contribution in [0.5, 0.6) is 0 Å². The second kappa shape index (κ2) is 6.91. The molecule has 0 spiro atoms. The third-order valence-electron chi connectivity index (χ3n) is 5.30. The van der Waals surface area contributed by atoms with Gasteiger partial charge >= 0.3 is 0 Å². The maximum atomic E-state index is 12.8. The number of ether oxygens (including phenoxy) is 1. The van der Waals surface area contributed by atoms with Gasteiger partial charge in [0, 0.05) is 32.2 Å². The van der Waals surface area contributed by atoms with E-state index in [0.717, 1.165) is 25.7 Å². The van der Waals surface area contributed by atoms with Gasteiger partial charge < -0.3 is 10.5 Å². The molecule has 0 unspecified atom stereocenters. The Morgan fingerprint density at radius 3 is 2.33 bits per heavy atom. The Bertz CT molecular complexity index is 427. The second-order valence-electron chi connectivity index (χ2n) is 6.27. The van der Waals surface area contributed by atoms with Gasteiger partial charge in [0.15, 0.2) is 0 Å². The minimum absolute atomic E-state index is 0.392. The molecule has 0 radical (unpaired) electrons. The van der Waals surface area contributed by atoms with Crippen LogP contribution in [0.25, 0.3) is 0 Å². The summed E-state index contributed by atoms with van der Waals surface area (Å²) in [5.41, 5.74) is 5.59. The van der Waals surface area contributed by atoms with Crippen LogP contribution in [0.1, 0.15) is 39.0 Å². The van der Waals surface area contributed by atoms with Crippen molar-refractivity contribution in [1.29, 1.82) is 0 Å². The Morgan fingerprint density at radius 2 is 1.86 bits per heavy atom. The highest BCUT2D eigenvalue weighted by Gasteiger charge is 2.44. The number of likely N-dealkylation sites (N-methyl/N-ethyl adjacent to an activating group) is 1. The highest BCUT2D eigenvalue weighted by molar-refractivity contribution is 7.86. The van der Waals surface area contributed by atoms with Crippen LogP contribution in [0.15, 0.2) is 0 Å². The lowest BCUT2D eigenvalue weighted by Crippen LogP contribution is -2.60. The van der Waals surface area contributed by atoms with Gasteiger partial charge in [0.05, 0.1) is 13.2 Å². The summed E-state index contributed by atoms with van der Waals surface area (Å²) >= 11 is 0. The number of hydrogen-bond donors (Lipinski definition) is 1. The third kappa shape index (κ3) is 3.42. The fraction of sp³-hybridized carbons (Fsp3) is 1.00. The molecule has 1 aliphatic heterocycles. The normalized spacial score (nSPS) is 32.5. The first-order chi connectivity index (χ1) is 9.96. The van der Waals surface area contributed by atoms with Crippen LogP contribution in [-0.4, -0.2) is 62.5 Å². The number of hydrogen-bond acceptors (Lipinski definition) is 4. The van der Waals surface area contributed by atoms with E-state index in [1.807, 2.05) is 0 Å². The van der Waals surface area contributed by atoms with Gasteiger partial charge in [-0.2, -0.15) is 17.0 Å². The molecule has 7 heteroatoms. The standard InChI is InChI=1S/C14H29N3O3S/c1-3-13-4-6-14(12-15,7-5-13)16(2)21(18,19)17-8-10-20-11-9-17/h13H,3-12,15H2,1-2H3. The zero-order chi connectivity index (χ0) is 15.5. The maximum Gasteiger partial charge on any atom is 0.282 e. The van der Waals surface area contributed by atoms with Gasteiger partial charge in [-0.25, -0.2) is 0 Å². The van der Waals surface area contributed by atoms with E-state index in [0.29, 0.717) is 38.8 Å². The van der Waals surface area contributed by atoms with E-state index < -0.39 is 15.7 Å². The van der Waals surface area contributed by atoms with Gasteiger partial charge in [0.2, 0.25) is 0 Å². The summed E-state index contributed by atoms with van der Waals surface area (Å²) in [7, 11) is -1.75. The van der Waals surface area contributed by atoms with E-state index in [1.54, 1.807) is 11.4 Å². The molecule has 2 rings (SSSR count). The van der Waals surface area contributed by atoms with E-state index in [9.17, 15) is 8.42 Å². The predicted molar refractivity (Wildman–Crippen MR) is 83.1 cm³/mol. The molecule has 1 saturated heterocycles. The zero-order valence-corrected chi connectivity index (χ0v) is 14.1. The summed E-state index contributed by atoms with van der Waals surface area (Å²) < 4.78 is 34.0. The van der Waals surface area contributed by atoms with E-state index in [4.69, 9.17) is 10.5 Å². The molecule has 1 aliphatic carbocycles. The Kier molecular flexibility index (Phi) is 5.65. The number of morpholine rings is 1. The summed E-state index contributed by atoms with van der Waals surface area (Å²) in [6, 6.07) is 0. The van der Waals surface area contributed by atoms with Crippen molar-refractivity contribution in [3.63, 3.8) is 0 Å². The molecule has 21 heavy (non-hydrogen) atoms. The Morgan fingerprint density at radius 1 is 1.29 bits per heavy atom. The smallest absolute Gasteiger partial charge is 0.282 e. The van der Waals surface area contributed by atoms with Gasteiger partial charge in [0.25, 0.3) is 10.2 Å². The van der Waals surface area contributed by atoms with E-state index in [1.165, 1.54) is 10.7 Å². The maximum absolute atomic E-state index is 12.8. The monoisotopic (exact) mass is 319 g/mol. The highest BCUT2D eigenvalue weighted by atomic mass is 32.2. The fourth-order valence-corrected chi connectivity index (χ4v) is 5.17. The number of nitrogens with two attached hydrogens (primary N) is 1. The molecule has 1 saturated carbocycles. The summed E-state index contributed by atoms with van der Waals surface area (Å²) in [6.07, 6.45) is 5.03. The quantitative estimate of drug-likeness (QED) is 0.813. The summed E-state index contributed by atoms with van der Waals surface area (Å²) in [6.45, 7) is 4.41. The minimum Gasteiger partial charge on any atom is -0.379 e. The van der Waals surface area contributed by atoms with Crippen LogP contribution in [0.2, 0.25) is 0 Å². The van der Waals surface area contributed by atoms with Gasteiger partial charge in [-0.3, -0.25) is 0 Å². The van der Waals surface area contributed by atoms with Crippen LogP contribution >= 0.6 is 0 Å². The third-order valence-corrected chi connectivity index (χ3v) is 7.40. The van der Waals surface area contributed by atoms with Crippen molar-refractivity contribution in [2.75, 3.05) is 39.9 Å². The zero-order valence-electron chi connectivity index (χ0n) is 13.3. The average molecular weight is 319 g/mol. The van der Waals surface area contributed by atoms with Crippen molar-refractivity contribution in [3.8, 4) is 0 Å². The molecule has 2 fully saturated rings. The van der Waals surface area contributed by atoms with Crippen molar-refractivity contribution >= 4 is 10.2 Å². The van der Waals surface area contributed by atoms with Gasteiger partial charge in [0.1, 0.15) is 0 Å². The van der Waals surface area contributed by atoms with Crippen molar-refractivity contribution in [2.24, 2.45) is 11.7 Å². The van der Waals surface area contributed by atoms with Gasteiger partial charge in [-0.05, 0) is 31.6 Å². The summed E-state index contributed by atoms with van der Waals surface area (Å²) in [4.78, 5) is 0. The Labute approximate surface area is 128 Å². The van der Waals surface area contributed by atoms with Gasteiger partial charge in [-0.15, -0.1) is 0 Å². The molecule has 0 amide bonds. The first kappa shape index (κ1) is 17.1. The Balaban J connectivity index is 2.13. The van der Waals surface area contributed by atoms with Crippen molar-refractivity contribution in [3.05, 3.63) is 0 Å². The number of nitrogens with zero attached hydrogens (tertiary/aromatic N) is 2. The lowest BCUT2D eigenvalue weighted by molar-refractivity contribution is 0.0636. The summed E-state index contributed by atoms with van der Waals surface area (Å²) in [5.74, 6) is 0.712. The highest BCUT2D eigenvalue weighted by Crippen LogP contribution is 2.38. The lowest BCUT2D eigenvalue weighted by Gasteiger charge is -2.46. The predicted octanol–water partition coefficient (Wildman–Crippen LogP) is 0.793. The topological polar surface area (TPSA) is 75.9 Å². The average Bonchev–Trinajstić information content (AvgIpc) is 2.55. The fourth-order valence-electron chi connectivity index (χ4n) is 3.47. The van der Waals surface area contributed by atoms with Crippen LogP contribution in [0, 0.1) is 5.92 Å². The minimum atomic E-state index is -3.45. The molecule has 6 nitrogen and oxygen atoms in total. The Hall–Kier alpha value is -0.210. The molecule has 0 aromatic heterocycles. The molecule has 1 heterocycles.